The van der Waals surface area contributed by atoms with Gasteiger partial charge < -0.3 is 5.32 Å². The van der Waals surface area contributed by atoms with E-state index >= 15 is 0 Å². The Morgan fingerprint density at radius 1 is 1.29 bits per heavy atom. The molecule has 1 aromatic carbocycles. The Hall–Kier alpha value is -2.30. The molecule has 0 saturated heterocycles. The lowest BCUT2D eigenvalue weighted by Gasteiger charge is -2.09. The van der Waals surface area contributed by atoms with Crippen molar-refractivity contribution in [1.82, 2.24) is 15.3 Å². The number of rotatable bonds is 4. The maximum Gasteiger partial charge on any atom is 0.254 e. The third kappa shape index (κ3) is 3.84. The summed E-state index contributed by atoms with van der Waals surface area (Å²) in [5, 5.41) is 2.78. The predicted octanol–water partition coefficient (Wildman–Crippen LogP) is 2.98. The summed E-state index contributed by atoms with van der Waals surface area (Å²) in [5.74, 6) is 0.424. The summed E-state index contributed by atoms with van der Waals surface area (Å²) in [7, 11) is 0. The molecule has 0 spiro atoms. The molecule has 2 rings (SSSR count). The number of benzene rings is 1. The van der Waals surface area contributed by atoms with Crippen LogP contribution in [0.5, 0.6) is 0 Å². The Morgan fingerprint density at radius 3 is 2.52 bits per heavy atom. The average molecular weight is 287 g/mol. The summed E-state index contributed by atoms with van der Waals surface area (Å²) in [6.07, 6.45) is 1.55. The van der Waals surface area contributed by atoms with Crippen LogP contribution in [0.2, 0.25) is 0 Å². The Bertz CT molecular complexity index is 638. The van der Waals surface area contributed by atoms with Gasteiger partial charge >= 0.3 is 0 Å². The van der Waals surface area contributed by atoms with Gasteiger partial charge in [-0.15, -0.1) is 0 Å². The number of hydrogen-bond acceptors (Lipinski definition) is 3. The molecule has 1 aromatic heterocycles. The molecule has 110 valence electrons. The van der Waals surface area contributed by atoms with E-state index in [0.717, 1.165) is 11.4 Å². The van der Waals surface area contributed by atoms with Crippen LogP contribution in [-0.4, -0.2) is 15.9 Å². The largest absolute Gasteiger partial charge is 0.348 e. The molecule has 0 aliphatic carbocycles. The molecule has 0 radical (unpaired) electrons. The van der Waals surface area contributed by atoms with Crippen molar-refractivity contribution in [3.63, 3.8) is 0 Å². The highest BCUT2D eigenvalue weighted by Gasteiger charge is 2.12. The maximum atomic E-state index is 12.8. The normalized spacial score (nSPS) is 10.7. The highest BCUT2D eigenvalue weighted by molar-refractivity contribution is 5.94. The van der Waals surface area contributed by atoms with Crippen molar-refractivity contribution in [2.24, 2.45) is 0 Å². The SMILES string of the molecule is Cc1nc(C(C)C)ncc1C(=O)NCc1ccc(F)cc1. The third-order valence-corrected chi connectivity index (χ3v) is 3.13. The van der Waals surface area contributed by atoms with E-state index in [1.54, 1.807) is 25.3 Å². The van der Waals surface area contributed by atoms with E-state index in [0.29, 0.717) is 17.8 Å². The fourth-order valence-corrected chi connectivity index (χ4v) is 1.87. The molecule has 2 aromatic rings. The van der Waals surface area contributed by atoms with Crippen LogP contribution in [0.3, 0.4) is 0 Å². The first-order valence-corrected chi connectivity index (χ1v) is 6.83. The van der Waals surface area contributed by atoms with Gasteiger partial charge in [0, 0.05) is 18.7 Å². The zero-order valence-electron chi connectivity index (χ0n) is 12.4. The van der Waals surface area contributed by atoms with Gasteiger partial charge in [-0.2, -0.15) is 0 Å². The quantitative estimate of drug-likeness (QED) is 0.940. The van der Waals surface area contributed by atoms with E-state index in [-0.39, 0.29) is 17.6 Å². The summed E-state index contributed by atoms with van der Waals surface area (Å²) >= 11 is 0. The first-order chi connectivity index (χ1) is 9.97. The van der Waals surface area contributed by atoms with Gasteiger partial charge in [-0.05, 0) is 24.6 Å². The van der Waals surface area contributed by atoms with Gasteiger partial charge in [0.2, 0.25) is 0 Å². The summed E-state index contributed by atoms with van der Waals surface area (Å²) < 4.78 is 12.8. The highest BCUT2D eigenvalue weighted by Crippen LogP contribution is 2.11. The van der Waals surface area contributed by atoms with E-state index in [1.807, 2.05) is 13.8 Å². The second-order valence-corrected chi connectivity index (χ2v) is 5.19. The summed E-state index contributed by atoms with van der Waals surface area (Å²) in [6, 6.07) is 6.02. The molecule has 1 N–H and O–H groups in total. The van der Waals surface area contributed by atoms with Crippen molar-refractivity contribution in [3.8, 4) is 0 Å². The van der Waals surface area contributed by atoms with Crippen molar-refractivity contribution >= 4 is 5.91 Å². The molecule has 21 heavy (non-hydrogen) atoms. The molecule has 0 aliphatic heterocycles. The minimum absolute atomic E-state index is 0.222. The van der Waals surface area contributed by atoms with Crippen LogP contribution in [0, 0.1) is 12.7 Å². The number of aromatic nitrogens is 2. The molecule has 5 heteroatoms. The molecule has 0 saturated carbocycles. The lowest BCUT2D eigenvalue weighted by Crippen LogP contribution is -2.24. The molecule has 0 bridgehead atoms. The van der Waals surface area contributed by atoms with Crippen LogP contribution in [-0.2, 0) is 6.54 Å². The predicted molar refractivity (Wildman–Crippen MR) is 78.4 cm³/mol. The molecule has 1 amide bonds. The smallest absolute Gasteiger partial charge is 0.254 e. The van der Waals surface area contributed by atoms with E-state index in [1.165, 1.54) is 12.1 Å². The number of aryl methyl sites for hydroxylation is 1. The van der Waals surface area contributed by atoms with Crippen molar-refractivity contribution in [2.75, 3.05) is 0 Å². The Balaban J connectivity index is 2.05. The Labute approximate surface area is 123 Å². The maximum absolute atomic E-state index is 12.8. The van der Waals surface area contributed by atoms with E-state index < -0.39 is 0 Å². The number of halogens is 1. The van der Waals surface area contributed by atoms with Crippen LogP contribution in [0.25, 0.3) is 0 Å². The van der Waals surface area contributed by atoms with Gasteiger partial charge in [0.15, 0.2) is 0 Å². The van der Waals surface area contributed by atoms with Gasteiger partial charge in [0.25, 0.3) is 5.91 Å². The van der Waals surface area contributed by atoms with Gasteiger partial charge in [0.05, 0.1) is 11.3 Å². The van der Waals surface area contributed by atoms with E-state index in [2.05, 4.69) is 15.3 Å². The van der Waals surface area contributed by atoms with Crippen molar-refractivity contribution in [2.45, 2.75) is 33.2 Å². The third-order valence-electron chi connectivity index (χ3n) is 3.13. The van der Waals surface area contributed by atoms with Gasteiger partial charge in [0.1, 0.15) is 11.6 Å². The van der Waals surface area contributed by atoms with Crippen molar-refractivity contribution < 1.29 is 9.18 Å². The minimum Gasteiger partial charge on any atom is -0.348 e. The minimum atomic E-state index is -0.293. The van der Waals surface area contributed by atoms with Gasteiger partial charge in [-0.3, -0.25) is 4.79 Å². The molecular weight excluding hydrogens is 269 g/mol. The molecular formula is C16H18FN3O. The summed E-state index contributed by atoms with van der Waals surface area (Å²) in [5.41, 5.74) is 1.95. The molecule has 0 atom stereocenters. The molecule has 0 aliphatic rings. The first kappa shape index (κ1) is 15.1. The van der Waals surface area contributed by atoms with Crippen molar-refractivity contribution in [1.29, 1.82) is 0 Å². The van der Waals surface area contributed by atoms with Crippen LogP contribution < -0.4 is 5.32 Å². The van der Waals surface area contributed by atoms with Gasteiger partial charge in [-0.1, -0.05) is 26.0 Å². The number of nitrogens with one attached hydrogen (secondary N) is 1. The highest BCUT2D eigenvalue weighted by atomic mass is 19.1. The van der Waals surface area contributed by atoms with Crippen LogP contribution in [0.1, 0.15) is 47.2 Å². The zero-order chi connectivity index (χ0) is 15.4. The Kier molecular flexibility index (Phi) is 4.62. The second kappa shape index (κ2) is 6.43. The molecule has 4 nitrogen and oxygen atoms in total. The summed E-state index contributed by atoms with van der Waals surface area (Å²) in [4.78, 5) is 20.7. The molecule has 0 unspecified atom stereocenters. The van der Waals surface area contributed by atoms with E-state index in [9.17, 15) is 9.18 Å². The second-order valence-electron chi connectivity index (χ2n) is 5.19. The standard InChI is InChI=1S/C16H18FN3O/c1-10(2)15-18-9-14(11(3)20-15)16(21)19-8-12-4-6-13(17)7-5-12/h4-7,9-10H,8H2,1-3H3,(H,19,21). The number of amides is 1. The topological polar surface area (TPSA) is 54.9 Å². The van der Waals surface area contributed by atoms with Crippen LogP contribution >= 0.6 is 0 Å². The lowest BCUT2D eigenvalue weighted by molar-refractivity contribution is 0.0949. The monoisotopic (exact) mass is 287 g/mol. The fourth-order valence-electron chi connectivity index (χ4n) is 1.87. The number of carbonyl (C=O) groups is 1. The van der Waals surface area contributed by atoms with E-state index in [4.69, 9.17) is 0 Å². The van der Waals surface area contributed by atoms with Gasteiger partial charge in [-0.25, -0.2) is 14.4 Å². The number of carbonyl (C=O) groups excluding carboxylic acids is 1. The zero-order valence-corrected chi connectivity index (χ0v) is 12.4. The van der Waals surface area contributed by atoms with Crippen LogP contribution in [0.4, 0.5) is 4.39 Å². The molecule has 0 fully saturated rings. The average Bonchev–Trinajstić information content (AvgIpc) is 2.46. The van der Waals surface area contributed by atoms with Crippen LogP contribution in [0.15, 0.2) is 30.5 Å². The number of nitrogens with zero attached hydrogens (tertiary/aromatic N) is 2. The fraction of sp³-hybridized carbons (Fsp3) is 0.312. The number of hydrogen-bond donors (Lipinski definition) is 1. The Morgan fingerprint density at radius 2 is 1.95 bits per heavy atom. The van der Waals surface area contributed by atoms with Crippen molar-refractivity contribution in [3.05, 3.63) is 58.9 Å². The lowest BCUT2D eigenvalue weighted by atomic mass is 10.1. The summed E-state index contributed by atoms with van der Waals surface area (Å²) in [6.45, 7) is 6.14. The molecule has 1 heterocycles. The first-order valence-electron chi connectivity index (χ1n) is 6.83.